The van der Waals surface area contributed by atoms with Crippen LogP contribution in [0, 0.1) is 0 Å². The van der Waals surface area contributed by atoms with Crippen LogP contribution in [0.5, 0.6) is 5.75 Å². The monoisotopic (exact) mass is 374 g/mol. The summed E-state index contributed by atoms with van der Waals surface area (Å²) in [4.78, 5) is 12.2. The lowest BCUT2D eigenvalue weighted by atomic mass is 10.1. The second-order valence-electron chi connectivity index (χ2n) is 5.61. The van der Waals surface area contributed by atoms with Crippen molar-refractivity contribution in [2.24, 2.45) is 0 Å². The highest BCUT2D eigenvalue weighted by Gasteiger charge is 2.16. The SMILES string of the molecule is CC(Oc1ccccc1Br)C(=O)NCc1ccc2c(c1)CNC2. The van der Waals surface area contributed by atoms with Gasteiger partial charge in [0.05, 0.1) is 4.47 Å². The molecule has 4 nitrogen and oxygen atoms in total. The van der Waals surface area contributed by atoms with Crippen molar-refractivity contribution < 1.29 is 9.53 Å². The predicted molar refractivity (Wildman–Crippen MR) is 93.1 cm³/mol. The van der Waals surface area contributed by atoms with Gasteiger partial charge in [-0.2, -0.15) is 0 Å². The molecule has 120 valence electrons. The lowest BCUT2D eigenvalue weighted by Gasteiger charge is -2.16. The van der Waals surface area contributed by atoms with E-state index in [1.165, 1.54) is 11.1 Å². The summed E-state index contributed by atoms with van der Waals surface area (Å²) in [7, 11) is 0. The van der Waals surface area contributed by atoms with E-state index in [9.17, 15) is 4.79 Å². The third-order valence-electron chi connectivity index (χ3n) is 3.88. The van der Waals surface area contributed by atoms with E-state index in [4.69, 9.17) is 4.74 Å². The van der Waals surface area contributed by atoms with Gasteiger partial charge in [0, 0.05) is 19.6 Å². The van der Waals surface area contributed by atoms with Crippen LogP contribution in [0.3, 0.4) is 0 Å². The molecule has 0 radical (unpaired) electrons. The van der Waals surface area contributed by atoms with Crippen LogP contribution >= 0.6 is 15.9 Å². The number of benzene rings is 2. The van der Waals surface area contributed by atoms with E-state index < -0.39 is 6.10 Å². The van der Waals surface area contributed by atoms with Gasteiger partial charge in [0.25, 0.3) is 5.91 Å². The molecular formula is C18H19BrN2O2. The number of para-hydroxylation sites is 1. The number of carbonyl (C=O) groups is 1. The van der Waals surface area contributed by atoms with Gasteiger partial charge in [-0.15, -0.1) is 0 Å². The number of ether oxygens (including phenoxy) is 1. The minimum atomic E-state index is -0.551. The fourth-order valence-corrected chi connectivity index (χ4v) is 2.95. The summed E-state index contributed by atoms with van der Waals surface area (Å²) in [6, 6.07) is 13.8. The highest BCUT2D eigenvalue weighted by molar-refractivity contribution is 9.10. The van der Waals surface area contributed by atoms with Crippen molar-refractivity contribution in [2.75, 3.05) is 0 Å². The number of fused-ring (bicyclic) bond motifs is 1. The first-order valence-corrected chi connectivity index (χ1v) is 8.43. The van der Waals surface area contributed by atoms with Crippen molar-refractivity contribution in [3.05, 3.63) is 63.6 Å². The highest BCUT2D eigenvalue weighted by atomic mass is 79.9. The molecule has 2 N–H and O–H groups in total. The Kier molecular flexibility index (Phi) is 4.98. The third-order valence-corrected chi connectivity index (χ3v) is 4.53. The number of rotatable bonds is 5. The molecule has 2 aromatic rings. The van der Waals surface area contributed by atoms with Crippen LogP contribution in [0.4, 0.5) is 0 Å². The van der Waals surface area contributed by atoms with Gasteiger partial charge in [-0.25, -0.2) is 0 Å². The van der Waals surface area contributed by atoms with Crippen LogP contribution < -0.4 is 15.4 Å². The number of amides is 1. The maximum absolute atomic E-state index is 12.2. The largest absolute Gasteiger partial charge is 0.480 e. The predicted octanol–water partition coefficient (Wildman–Crippen LogP) is 3.14. The van der Waals surface area contributed by atoms with Crippen molar-refractivity contribution in [3.8, 4) is 5.75 Å². The van der Waals surface area contributed by atoms with Gasteiger partial charge in [-0.05, 0) is 51.7 Å². The molecule has 3 rings (SSSR count). The summed E-state index contributed by atoms with van der Waals surface area (Å²) in [5.41, 5.74) is 3.76. The number of carbonyl (C=O) groups excluding carboxylic acids is 1. The normalized spacial score (nSPS) is 14.2. The Morgan fingerprint density at radius 3 is 2.87 bits per heavy atom. The van der Waals surface area contributed by atoms with E-state index >= 15 is 0 Å². The van der Waals surface area contributed by atoms with Gasteiger partial charge < -0.3 is 15.4 Å². The van der Waals surface area contributed by atoms with Crippen molar-refractivity contribution in [1.29, 1.82) is 0 Å². The summed E-state index contributed by atoms with van der Waals surface area (Å²) < 4.78 is 6.54. The van der Waals surface area contributed by atoms with Crippen molar-refractivity contribution in [3.63, 3.8) is 0 Å². The van der Waals surface area contributed by atoms with E-state index in [0.29, 0.717) is 12.3 Å². The standard InChI is InChI=1S/C18H19BrN2O2/c1-12(23-17-5-3-2-4-16(17)19)18(22)21-9-13-6-7-14-10-20-11-15(14)8-13/h2-8,12,20H,9-11H2,1H3,(H,21,22). The lowest BCUT2D eigenvalue weighted by molar-refractivity contribution is -0.127. The smallest absolute Gasteiger partial charge is 0.261 e. The minimum Gasteiger partial charge on any atom is -0.480 e. The van der Waals surface area contributed by atoms with Gasteiger partial charge in [0.1, 0.15) is 5.75 Å². The molecule has 0 aromatic heterocycles. The molecule has 1 heterocycles. The Morgan fingerprint density at radius 2 is 2.04 bits per heavy atom. The molecule has 5 heteroatoms. The van der Waals surface area contributed by atoms with Crippen molar-refractivity contribution in [2.45, 2.75) is 32.7 Å². The van der Waals surface area contributed by atoms with Gasteiger partial charge in [-0.1, -0.05) is 30.3 Å². The van der Waals surface area contributed by atoms with Gasteiger partial charge in [0.15, 0.2) is 6.10 Å². The Balaban J connectivity index is 1.55. The summed E-state index contributed by atoms with van der Waals surface area (Å²) >= 11 is 3.42. The molecule has 1 amide bonds. The topological polar surface area (TPSA) is 50.4 Å². The Hall–Kier alpha value is -1.85. The Bertz CT molecular complexity index is 718. The fourth-order valence-electron chi connectivity index (χ4n) is 2.58. The zero-order chi connectivity index (χ0) is 16.2. The van der Waals surface area contributed by atoms with E-state index in [2.05, 4.69) is 44.8 Å². The molecule has 0 spiro atoms. The Labute approximate surface area is 144 Å². The molecule has 1 aliphatic rings. The average molecular weight is 375 g/mol. The molecule has 0 saturated heterocycles. The van der Waals surface area contributed by atoms with Crippen LogP contribution in [-0.4, -0.2) is 12.0 Å². The second kappa shape index (κ2) is 7.15. The van der Waals surface area contributed by atoms with Crippen LogP contribution in [-0.2, 0) is 24.4 Å². The molecule has 1 aliphatic heterocycles. The third kappa shape index (κ3) is 3.92. The number of nitrogens with one attached hydrogen (secondary N) is 2. The van der Waals surface area contributed by atoms with Crippen LogP contribution in [0.15, 0.2) is 46.9 Å². The second-order valence-corrected chi connectivity index (χ2v) is 6.47. The molecule has 0 saturated carbocycles. The number of hydrogen-bond donors (Lipinski definition) is 2. The van der Waals surface area contributed by atoms with Crippen molar-refractivity contribution >= 4 is 21.8 Å². The molecule has 1 atom stereocenters. The first-order valence-electron chi connectivity index (χ1n) is 7.64. The lowest BCUT2D eigenvalue weighted by Crippen LogP contribution is -2.36. The van der Waals surface area contributed by atoms with Crippen LogP contribution in [0.2, 0.25) is 0 Å². The molecular weight excluding hydrogens is 356 g/mol. The van der Waals surface area contributed by atoms with Gasteiger partial charge in [0.2, 0.25) is 0 Å². The molecule has 0 bridgehead atoms. The van der Waals surface area contributed by atoms with Crippen LogP contribution in [0.1, 0.15) is 23.6 Å². The van der Waals surface area contributed by atoms with E-state index in [1.54, 1.807) is 6.92 Å². The van der Waals surface area contributed by atoms with E-state index in [-0.39, 0.29) is 5.91 Å². The fraction of sp³-hybridized carbons (Fsp3) is 0.278. The molecule has 2 aromatic carbocycles. The molecule has 0 fully saturated rings. The first-order chi connectivity index (χ1) is 11.1. The molecule has 1 unspecified atom stereocenters. The van der Waals surface area contributed by atoms with Gasteiger partial charge >= 0.3 is 0 Å². The van der Waals surface area contributed by atoms with E-state index in [0.717, 1.165) is 23.1 Å². The highest BCUT2D eigenvalue weighted by Crippen LogP contribution is 2.24. The zero-order valence-corrected chi connectivity index (χ0v) is 14.5. The maximum atomic E-state index is 12.2. The average Bonchev–Trinajstić information content (AvgIpc) is 3.02. The summed E-state index contributed by atoms with van der Waals surface area (Å²) in [5, 5.41) is 6.25. The quantitative estimate of drug-likeness (QED) is 0.844. The molecule has 23 heavy (non-hydrogen) atoms. The van der Waals surface area contributed by atoms with Gasteiger partial charge in [-0.3, -0.25) is 4.79 Å². The molecule has 0 aliphatic carbocycles. The minimum absolute atomic E-state index is 0.126. The van der Waals surface area contributed by atoms with Crippen molar-refractivity contribution in [1.82, 2.24) is 10.6 Å². The van der Waals surface area contributed by atoms with E-state index in [1.807, 2.05) is 24.3 Å². The summed E-state index contributed by atoms with van der Waals surface area (Å²) in [6.45, 7) is 4.09. The number of hydrogen-bond acceptors (Lipinski definition) is 3. The maximum Gasteiger partial charge on any atom is 0.261 e. The van der Waals surface area contributed by atoms with Crippen LogP contribution in [0.25, 0.3) is 0 Å². The zero-order valence-electron chi connectivity index (χ0n) is 12.9. The first kappa shape index (κ1) is 16.0. The number of halogens is 1. The summed E-state index contributed by atoms with van der Waals surface area (Å²) in [6.07, 6.45) is -0.551. The summed E-state index contributed by atoms with van der Waals surface area (Å²) in [5.74, 6) is 0.540. The Morgan fingerprint density at radius 1 is 1.26 bits per heavy atom.